The number of carbonyl (C=O) groups excluding carboxylic acids is 2. The average Bonchev–Trinajstić information content (AvgIpc) is 3.16. The summed E-state index contributed by atoms with van der Waals surface area (Å²) in [5.41, 5.74) is 6.60. The van der Waals surface area contributed by atoms with Crippen LogP contribution in [0.2, 0.25) is 0 Å². The minimum Gasteiger partial charge on any atom is -0.319 e. The number of unbranched alkanes of at least 4 members (excludes halogenated alkanes) is 1. The van der Waals surface area contributed by atoms with Crippen molar-refractivity contribution in [2.24, 2.45) is 0 Å². The number of hydrazine groups is 1. The van der Waals surface area contributed by atoms with E-state index in [1.54, 1.807) is 48.5 Å². The zero-order chi connectivity index (χ0) is 24.0. The van der Waals surface area contributed by atoms with Gasteiger partial charge in [0.2, 0.25) is 15.9 Å². The van der Waals surface area contributed by atoms with Gasteiger partial charge in [-0.25, -0.2) is 17.7 Å². The molecular formula is C22H27N5O4S2. The lowest BCUT2D eigenvalue weighted by Crippen LogP contribution is -2.42. The molecule has 3 rings (SSSR count). The van der Waals surface area contributed by atoms with Crippen molar-refractivity contribution in [3.63, 3.8) is 0 Å². The number of carbonyl (C=O) groups is 2. The van der Waals surface area contributed by atoms with E-state index in [0.717, 1.165) is 22.7 Å². The van der Waals surface area contributed by atoms with Gasteiger partial charge in [0.1, 0.15) is 0 Å². The summed E-state index contributed by atoms with van der Waals surface area (Å²) < 4.78 is 28.1. The zero-order valence-corrected chi connectivity index (χ0v) is 20.4. The standard InChI is InChI=1S/C22H27N5O4S2/c1-4-5-13-27-19-12-11-17(33(30,31)26(2)3)14-18(19)23-22(27)32-15-20(28)24-25-21(29)16-9-7-6-8-10-16/h6-12,14H,4-5,13,15H2,1-3H3,(H,24,28)(H,25,29). The van der Waals surface area contributed by atoms with E-state index in [0.29, 0.717) is 22.8 Å². The van der Waals surface area contributed by atoms with E-state index in [2.05, 4.69) is 22.8 Å². The Labute approximate surface area is 197 Å². The Morgan fingerprint density at radius 1 is 1.09 bits per heavy atom. The fourth-order valence-electron chi connectivity index (χ4n) is 3.06. The fourth-order valence-corrected chi connectivity index (χ4v) is 4.82. The molecule has 0 spiro atoms. The van der Waals surface area contributed by atoms with Crippen LogP contribution in [0.25, 0.3) is 11.0 Å². The van der Waals surface area contributed by atoms with E-state index in [1.165, 1.54) is 25.9 Å². The van der Waals surface area contributed by atoms with Gasteiger partial charge in [-0.05, 0) is 36.8 Å². The third kappa shape index (κ3) is 5.92. The van der Waals surface area contributed by atoms with Crippen LogP contribution in [-0.4, -0.2) is 53.9 Å². The van der Waals surface area contributed by atoms with E-state index >= 15 is 0 Å². The second-order valence-electron chi connectivity index (χ2n) is 7.49. The second kappa shape index (κ2) is 10.8. The van der Waals surface area contributed by atoms with Crippen LogP contribution < -0.4 is 10.9 Å². The summed E-state index contributed by atoms with van der Waals surface area (Å²) in [6, 6.07) is 13.5. The summed E-state index contributed by atoms with van der Waals surface area (Å²) in [7, 11) is -0.616. The van der Waals surface area contributed by atoms with Crippen LogP contribution in [0, 0.1) is 0 Å². The molecule has 3 aromatic rings. The van der Waals surface area contributed by atoms with Gasteiger partial charge in [-0.15, -0.1) is 0 Å². The van der Waals surface area contributed by atoms with Crippen molar-refractivity contribution in [2.45, 2.75) is 36.4 Å². The Kier molecular flexibility index (Phi) is 8.11. The Morgan fingerprint density at radius 3 is 2.48 bits per heavy atom. The molecule has 2 aromatic carbocycles. The summed E-state index contributed by atoms with van der Waals surface area (Å²) in [5.74, 6) is -0.749. The van der Waals surface area contributed by atoms with Crippen molar-refractivity contribution in [1.29, 1.82) is 0 Å². The molecule has 1 aromatic heterocycles. The molecule has 0 aliphatic carbocycles. The average molecular weight is 490 g/mol. The third-order valence-corrected chi connectivity index (χ3v) is 7.67. The number of imidazole rings is 1. The van der Waals surface area contributed by atoms with Crippen molar-refractivity contribution in [2.75, 3.05) is 19.8 Å². The number of sulfonamides is 1. The maximum absolute atomic E-state index is 12.5. The summed E-state index contributed by atoms with van der Waals surface area (Å²) in [6.45, 7) is 2.78. The van der Waals surface area contributed by atoms with Crippen LogP contribution in [0.4, 0.5) is 0 Å². The van der Waals surface area contributed by atoms with Crippen molar-refractivity contribution in [3.8, 4) is 0 Å². The van der Waals surface area contributed by atoms with Gasteiger partial charge in [0.25, 0.3) is 5.91 Å². The number of aromatic nitrogens is 2. The normalized spacial score (nSPS) is 11.6. The third-order valence-electron chi connectivity index (χ3n) is 4.88. The van der Waals surface area contributed by atoms with Crippen LogP contribution in [0.5, 0.6) is 0 Å². The first-order chi connectivity index (χ1) is 15.7. The molecule has 0 saturated carbocycles. The number of aryl methyl sites for hydroxylation is 1. The number of hydrogen-bond donors (Lipinski definition) is 2. The molecule has 0 aliphatic rings. The van der Waals surface area contributed by atoms with Gasteiger partial charge in [-0.1, -0.05) is 43.3 Å². The predicted octanol–water partition coefficient (Wildman–Crippen LogP) is 2.64. The molecule has 33 heavy (non-hydrogen) atoms. The van der Waals surface area contributed by atoms with Gasteiger partial charge in [0.05, 0.1) is 21.7 Å². The maximum Gasteiger partial charge on any atom is 0.269 e. The number of fused-ring (bicyclic) bond motifs is 1. The molecule has 2 amide bonds. The number of rotatable bonds is 9. The van der Waals surface area contributed by atoms with E-state index in [4.69, 9.17) is 0 Å². The van der Waals surface area contributed by atoms with Crippen molar-refractivity contribution >= 4 is 44.6 Å². The molecule has 0 bridgehead atoms. The van der Waals surface area contributed by atoms with Gasteiger partial charge in [-0.3, -0.25) is 20.4 Å². The Morgan fingerprint density at radius 2 is 1.82 bits per heavy atom. The lowest BCUT2D eigenvalue weighted by Gasteiger charge is -2.11. The minimum absolute atomic E-state index is 0.0351. The molecule has 2 N–H and O–H groups in total. The number of thioether (sulfide) groups is 1. The quantitative estimate of drug-likeness (QED) is 0.353. The molecule has 176 valence electrons. The van der Waals surface area contributed by atoms with Crippen LogP contribution >= 0.6 is 11.8 Å². The summed E-state index contributed by atoms with van der Waals surface area (Å²) >= 11 is 1.23. The molecule has 1 heterocycles. The van der Waals surface area contributed by atoms with E-state index in [9.17, 15) is 18.0 Å². The van der Waals surface area contributed by atoms with Gasteiger partial charge in [0.15, 0.2) is 5.16 Å². The maximum atomic E-state index is 12.5. The van der Waals surface area contributed by atoms with Crippen LogP contribution in [-0.2, 0) is 21.4 Å². The first-order valence-corrected chi connectivity index (χ1v) is 12.9. The monoisotopic (exact) mass is 489 g/mol. The van der Waals surface area contributed by atoms with Gasteiger partial charge >= 0.3 is 0 Å². The Bertz CT molecular complexity index is 1240. The lowest BCUT2D eigenvalue weighted by atomic mass is 10.2. The molecule has 0 fully saturated rings. The van der Waals surface area contributed by atoms with Crippen LogP contribution in [0.3, 0.4) is 0 Å². The molecule has 0 aliphatic heterocycles. The van der Waals surface area contributed by atoms with Crippen molar-refractivity contribution < 1.29 is 18.0 Å². The highest BCUT2D eigenvalue weighted by Gasteiger charge is 2.20. The number of nitrogens with one attached hydrogen (secondary N) is 2. The summed E-state index contributed by atoms with van der Waals surface area (Å²) in [4.78, 5) is 29.1. The minimum atomic E-state index is -3.58. The highest BCUT2D eigenvalue weighted by molar-refractivity contribution is 7.99. The number of benzene rings is 2. The Balaban J connectivity index is 1.74. The smallest absolute Gasteiger partial charge is 0.269 e. The van der Waals surface area contributed by atoms with E-state index in [1.807, 2.05) is 4.57 Å². The van der Waals surface area contributed by atoms with Gasteiger partial charge < -0.3 is 4.57 Å². The zero-order valence-electron chi connectivity index (χ0n) is 18.7. The number of nitrogens with zero attached hydrogens (tertiary/aromatic N) is 3. The highest BCUT2D eigenvalue weighted by atomic mass is 32.2. The summed E-state index contributed by atoms with van der Waals surface area (Å²) in [5, 5.41) is 0.613. The predicted molar refractivity (Wildman–Crippen MR) is 128 cm³/mol. The van der Waals surface area contributed by atoms with Crippen LogP contribution in [0.15, 0.2) is 58.6 Å². The molecular weight excluding hydrogens is 462 g/mol. The molecule has 0 unspecified atom stereocenters. The van der Waals surface area contributed by atoms with Crippen molar-refractivity contribution in [1.82, 2.24) is 24.7 Å². The molecule has 0 saturated heterocycles. The number of amides is 2. The first kappa shape index (κ1) is 24.7. The SMILES string of the molecule is CCCCn1c(SCC(=O)NNC(=O)c2ccccc2)nc2cc(S(=O)(=O)N(C)C)ccc21. The highest BCUT2D eigenvalue weighted by Crippen LogP contribution is 2.27. The summed E-state index contributed by atoms with van der Waals surface area (Å²) in [6.07, 6.45) is 1.89. The largest absolute Gasteiger partial charge is 0.319 e. The van der Waals surface area contributed by atoms with Crippen molar-refractivity contribution in [3.05, 3.63) is 54.1 Å². The topological polar surface area (TPSA) is 113 Å². The van der Waals surface area contributed by atoms with E-state index < -0.39 is 15.9 Å². The first-order valence-electron chi connectivity index (χ1n) is 10.4. The van der Waals surface area contributed by atoms with Gasteiger partial charge in [-0.2, -0.15) is 0 Å². The Hall–Kier alpha value is -2.89. The van der Waals surface area contributed by atoms with Gasteiger partial charge in [0, 0.05) is 26.2 Å². The number of hydrogen-bond acceptors (Lipinski definition) is 6. The second-order valence-corrected chi connectivity index (χ2v) is 10.6. The molecule has 9 nitrogen and oxygen atoms in total. The lowest BCUT2D eigenvalue weighted by molar-refractivity contribution is -0.119. The molecule has 11 heteroatoms. The molecule has 0 atom stereocenters. The fraction of sp³-hybridized carbons (Fsp3) is 0.318. The molecule has 0 radical (unpaired) electrons. The van der Waals surface area contributed by atoms with Crippen LogP contribution in [0.1, 0.15) is 30.1 Å². The van der Waals surface area contributed by atoms with E-state index in [-0.39, 0.29) is 16.6 Å².